The average molecular weight is 379 g/mol. The Morgan fingerprint density at radius 1 is 1.46 bits per heavy atom. The number of carboxylic acid groups (broad SMARTS) is 1. The minimum absolute atomic E-state index is 0.0884. The van der Waals surface area contributed by atoms with Crippen molar-refractivity contribution in [1.29, 1.82) is 0 Å². The van der Waals surface area contributed by atoms with Gasteiger partial charge in [-0.1, -0.05) is 0 Å². The molecular formula is C16H17N3O6S. The van der Waals surface area contributed by atoms with Crippen LogP contribution in [0.1, 0.15) is 50.6 Å². The van der Waals surface area contributed by atoms with Crippen molar-refractivity contribution in [2.45, 2.75) is 26.8 Å². The second kappa shape index (κ2) is 7.91. The molecule has 0 spiro atoms. The molecule has 26 heavy (non-hydrogen) atoms. The van der Waals surface area contributed by atoms with Crippen molar-refractivity contribution in [3.05, 3.63) is 49.5 Å². The third-order valence-electron chi connectivity index (χ3n) is 3.45. The SMILES string of the molecule is CCOc1ccc([N+](=O)[O-])c(C(=O)NC(C)c2nc(C)c(C(=O)O)s2)c1. The number of carbonyl (C=O) groups is 2. The van der Waals surface area contributed by atoms with Crippen LogP contribution in [0, 0.1) is 17.0 Å². The van der Waals surface area contributed by atoms with E-state index in [2.05, 4.69) is 10.3 Å². The smallest absolute Gasteiger partial charge is 0.347 e. The van der Waals surface area contributed by atoms with Crippen molar-refractivity contribution in [2.75, 3.05) is 6.61 Å². The second-order valence-corrected chi connectivity index (χ2v) is 6.37. The highest BCUT2D eigenvalue weighted by Crippen LogP contribution is 2.27. The molecule has 0 saturated heterocycles. The van der Waals surface area contributed by atoms with E-state index in [0.717, 1.165) is 11.3 Å². The lowest BCUT2D eigenvalue weighted by Crippen LogP contribution is -2.27. The molecule has 0 bridgehead atoms. The standard InChI is InChI=1S/C16H17N3O6S/c1-4-25-10-5-6-12(19(23)24)11(7-10)14(20)17-9(3)15-18-8(2)13(26-15)16(21)22/h5-7,9H,4H2,1-3H3,(H,17,20)(H,21,22). The number of ether oxygens (including phenoxy) is 1. The molecule has 1 amide bonds. The van der Waals surface area contributed by atoms with E-state index in [1.807, 2.05) is 0 Å². The average Bonchev–Trinajstić information content (AvgIpc) is 2.97. The van der Waals surface area contributed by atoms with Gasteiger partial charge in [0.2, 0.25) is 0 Å². The Hall–Kier alpha value is -3.01. The third-order valence-corrected chi connectivity index (χ3v) is 4.77. The van der Waals surface area contributed by atoms with Gasteiger partial charge in [-0.3, -0.25) is 14.9 Å². The van der Waals surface area contributed by atoms with Gasteiger partial charge in [0.15, 0.2) is 0 Å². The van der Waals surface area contributed by atoms with Gasteiger partial charge in [-0.05, 0) is 32.9 Å². The topological polar surface area (TPSA) is 132 Å². The fraction of sp³-hybridized carbons (Fsp3) is 0.312. The summed E-state index contributed by atoms with van der Waals surface area (Å²) in [7, 11) is 0. The summed E-state index contributed by atoms with van der Waals surface area (Å²) in [5.74, 6) is -1.42. The number of amides is 1. The molecule has 0 saturated carbocycles. The lowest BCUT2D eigenvalue weighted by atomic mass is 10.1. The number of carbonyl (C=O) groups excluding carboxylic acids is 1. The van der Waals surface area contributed by atoms with Crippen molar-refractivity contribution in [2.24, 2.45) is 0 Å². The van der Waals surface area contributed by atoms with Crippen molar-refractivity contribution < 1.29 is 24.4 Å². The van der Waals surface area contributed by atoms with Crippen LogP contribution in [0.5, 0.6) is 5.75 Å². The fourth-order valence-electron chi connectivity index (χ4n) is 2.25. The summed E-state index contributed by atoms with van der Waals surface area (Å²) in [6.07, 6.45) is 0. The van der Waals surface area contributed by atoms with E-state index in [1.165, 1.54) is 18.2 Å². The molecule has 1 atom stereocenters. The molecule has 1 aromatic heterocycles. The molecule has 0 fully saturated rings. The van der Waals surface area contributed by atoms with Crippen LogP contribution in [0.25, 0.3) is 0 Å². The quantitative estimate of drug-likeness (QED) is 0.558. The molecule has 1 heterocycles. The monoisotopic (exact) mass is 379 g/mol. The highest BCUT2D eigenvalue weighted by atomic mass is 32.1. The molecule has 10 heteroatoms. The zero-order chi connectivity index (χ0) is 19.4. The summed E-state index contributed by atoms with van der Waals surface area (Å²) in [5, 5.41) is 23.3. The predicted octanol–water partition coefficient (Wildman–Crippen LogP) is 2.95. The van der Waals surface area contributed by atoms with Gasteiger partial charge < -0.3 is 15.2 Å². The Labute approximate surface area is 152 Å². The number of nitro benzene ring substituents is 1. The number of carboxylic acids is 1. The van der Waals surface area contributed by atoms with Crippen molar-refractivity contribution in [1.82, 2.24) is 10.3 Å². The number of hydrogen-bond donors (Lipinski definition) is 2. The zero-order valence-electron chi connectivity index (χ0n) is 14.3. The van der Waals surface area contributed by atoms with Crippen molar-refractivity contribution in [3.63, 3.8) is 0 Å². The number of aromatic nitrogens is 1. The second-order valence-electron chi connectivity index (χ2n) is 5.34. The first-order chi connectivity index (χ1) is 12.2. The molecule has 0 aliphatic carbocycles. The Morgan fingerprint density at radius 2 is 2.15 bits per heavy atom. The Bertz CT molecular complexity index is 864. The summed E-state index contributed by atoms with van der Waals surface area (Å²) in [6.45, 7) is 5.30. The Balaban J connectivity index is 2.28. The van der Waals surface area contributed by atoms with E-state index in [1.54, 1.807) is 20.8 Å². The van der Waals surface area contributed by atoms with Crippen LogP contribution in [0.15, 0.2) is 18.2 Å². The minimum atomic E-state index is -1.09. The van der Waals surface area contributed by atoms with Gasteiger partial charge in [-0.25, -0.2) is 9.78 Å². The number of hydrogen-bond acceptors (Lipinski definition) is 7. The summed E-state index contributed by atoms with van der Waals surface area (Å²) in [5.41, 5.74) is -0.137. The minimum Gasteiger partial charge on any atom is -0.494 e. The third kappa shape index (κ3) is 4.14. The van der Waals surface area contributed by atoms with E-state index in [0.29, 0.717) is 23.1 Å². The normalized spacial score (nSPS) is 11.7. The van der Waals surface area contributed by atoms with Crippen LogP contribution in [0.2, 0.25) is 0 Å². The van der Waals surface area contributed by atoms with Crippen LogP contribution in [0.3, 0.4) is 0 Å². The van der Waals surface area contributed by atoms with E-state index in [4.69, 9.17) is 9.84 Å². The van der Waals surface area contributed by atoms with Crippen LogP contribution in [-0.2, 0) is 0 Å². The van der Waals surface area contributed by atoms with Crippen molar-refractivity contribution >= 4 is 28.9 Å². The maximum atomic E-state index is 12.5. The maximum Gasteiger partial charge on any atom is 0.347 e. The molecule has 2 rings (SSSR count). The summed E-state index contributed by atoms with van der Waals surface area (Å²) < 4.78 is 5.29. The number of benzene rings is 1. The van der Waals surface area contributed by atoms with E-state index in [-0.39, 0.29) is 16.1 Å². The number of aromatic carboxylic acids is 1. The van der Waals surface area contributed by atoms with Gasteiger partial charge >= 0.3 is 5.97 Å². The van der Waals surface area contributed by atoms with Crippen LogP contribution >= 0.6 is 11.3 Å². The molecule has 9 nitrogen and oxygen atoms in total. The summed E-state index contributed by atoms with van der Waals surface area (Å²) in [6, 6.07) is 3.32. The lowest BCUT2D eigenvalue weighted by Gasteiger charge is -2.12. The van der Waals surface area contributed by atoms with Crippen LogP contribution in [-0.4, -0.2) is 33.5 Å². The number of thiazole rings is 1. The number of nitro groups is 1. The van der Waals surface area contributed by atoms with Crippen LogP contribution < -0.4 is 10.1 Å². The van der Waals surface area contributed by atoms with Crippen LogP contribution in [0.4, 0.5) is 5.69 Å². The summed E-state index contributed by atoms with van der Waals surface area (Å²) in [4.78, 5) is 38.4. The zero-order valence-corrected chi connectivity index (χ0v) is 15.1. The van der Waals surface area contributed by atoms with Gasteiger partial charge in [0.1, 0.15) is 21.2 Å². The molecule has 0 aliphatic rings. The molecule has 0 radical (unpaired) electrons. The molecular weight excluding hydrogens is 362 g/mol. The number of rotatable bonds is 7. The molecule has 2 N–H and O–H groups in total. The first kappa shape index (κ1) is 19.3. The van der Waals surface area contributed by atoms with E-state index >= 15 is 0 Å². The Kier molecular flexibility index (Phi) is 5.88. The first-order valence-electron chi connectivity index (χ1n) is 7.67. The molecule has 138 valence electrons. The number of nitrogens with one attached hydrogen (secondary N) is 1. The fourth-order valence-corrected chi connectivity index (χ4v) is 3.16. The molecule has 2 aromatic rings. The van der Waals surface area contributed by atoms with Gasteiger partial charge in [-0.2, -0.15) is 0 Å². The number of aryl methyl sites for hydroxylation is 1. The van der Waals surface area contributed by atoms with E-state index in [9.17, 15) is 19.7 Å². The largest absolute Gasteiger partial charge is 0.494 e. The first-order valence-corrected chi connectivity index (χ1v) is 8.49. The molecule has 0 aliphatic heterocycles. The maximum absolute atomic E-state index is 12.5. The Morgan fingerprint density at radius 3 is 2.69 bits per heavy atom. The number of nitrogens with zero attached hydrogens (tertiary/aromatic N) is 2. The van der Waals surface area contributed by atoms with E-state index < -0.39 is 22.8 Å². The van der Waals surface area contributed by atoms with Gasteiger partial charge in [0.05, 0.1) is 23.3 Å². The van der Waals surface area contributed by atoms with Gasteiger partial charge in [-0.15, -0.1) is 11.3 Å². The lowest BCUT2D eigenvalue weighted by molar-refractivity contribution is -0.385. The van der Waals surface area contributed by atoms with Gasteiger partial charge in [0, 0.05) is 6.07 Å². The highest BCUT2D eigenvalue weighted by Gasteiger charge is 2.24. The van der Waals surface area contributed by atoms with Gasteiger partial charge in [0.25, 0.3) is 11.6 Å². The van der Waals surface area contributed by atoms with Crippen molar-refractivity contribution in [3.8, 4) is 5.75 Å². The predicted molar refractivity (Wildman–Crippen MR) is 94.0 cm³/mol. The molecule has 1 aromatic carbocycles. The molecule has 1 unspecified atom stereocenters. The summed E-state index contributed by atoms with van der Waals surface area (Å²) >= 11 is 0.951. The highest BCUT2D eigenvalue weighted by molar-refractivity contribution is 7.13.